The third-order valence-electron chi connectivity index (χ3n) is 2.25. The molecule has 0 radical (unpaired) electrons. The van der Waals surface area contributed by atoms with Crippen LogP contribution in [0, 0.1) is 0 Å². The molecule has 0 spiro atoms. The Morgan fingerprint density at radius 1 is 1.24 bits per heavy atom. The molecule has 21 heavy (non-hydrogen) atoms. The lowest BCUT2D eigenvalue weighted by molar-refractivity contribution is -0.0501. The molecule has 0 saturated carbocycles. The Hall–Kier alpha value is -2.30. The summed E-state index contributed by atoms with van der Waals surface area (Å²) in [7, 11) is -4.64. The second kappa shape index (κ2) is 5.24. The van der Waals surface area contributed by atoms with Gasteiger partial charge in [0.25, 0.3) is 0 Å². The second-order valence-electron chi connectivity index (χ2n) is 3.55. The molecule has 7 nitrogen and oxygen atoms in total. The van der Waals surface area contributed by atoms with Crippen molar-refractivity contribution in [3.05, 3.63) is 24.5 Å². The molecule has 0 bridgehead atoms. The van der Waals surface area contributed by atoms with Gasteiger partial charge in [-0.25, -0.2) is 4.98 Å². The van der Waals surface area contributed by atoms with Gasteiger partial charge >= 0.3 is 15.6 Å². The molecule has 0 atom stereocenters. The van der Waals surface area contributed by atoms with Crippen molar-refractivity contribution in [2.45, 2.75) is 5.51 Å². The van der Waals surface area contributed by atoms with E-state index in [1.54, 1.807) is 0 Å². The number of hydrogen-bond donors (Lipinski definition) is 0. The molecular weight excluding hydrogens is 317 g/mol. The number of aromatic nitrogens is 2. The van der Waals surface area contributed by atoms with Gasteiger partial charge in [0, 0.05) is 12.3 Å². The molecule has 2 rings (SSSR count). The third-order valence-corrected chi connectivity index (χ3v) is 3.20. The number of hydrogen-bond acceptors (Lipinski definition) is 7. The van der Waals surface area contributed by atoms with Gasteiger partial charge in [0.15, 0.2) is 5.76 Å². The fourth-order valence-electron chi connectivity index (χ4n) is 1.38. The van der Waals surface area contributed by atoms with E-state index in [2.05, 4.69) is 14.3 Å². The third kappa shape index (κ3) is 2.91. The van der Waals surface area contributed by atoms with Crippen LogP contribution in [-0.2, 0) is 10.1 Å². The largest absolute Gasteiger partial charge is 0.534 e. The van der Waals surface area contributed by atoms with Crippen LogP contribution in [0.3, 0.4) is 0 Å². The number of methoxy groups -OCH3 is 1. The first-order valence-corrected chi connectivity index (χ1v) is 6.62. The SMILES string of the molecule is COc1ccnc(OS(=O)(=O)C(F)(F)F)c1-c1ccno1. The topological polar surface area (TPSA) is 91.5 Å². The summed E-state index contributed by atoms with van der Waals surface area (Å²) < 4.78 is 73.0. The van der Waals surface area contributed by atoms with Crippen LogP contribution in [0.5, 0.6) is 11.6 Å². The van der Waals surface area contributed by atoms with E-state index in [1.165, 1.54) is 25.4 Å². The van der Waals surface area contributed by atoms with E-state index < -0.39 is 21.5 Å². The molecule has 11 heteroatoms. The van der Waals surface area contributed by atoms with Gasteiger partial charge in [-0.15, -0.1) is 0 Å². The van der Waals surface area contributed by atoms with Crippen LogP contribution in [0.1, 0.15) is 0 Å². The average Bonchev–Trinajstić information content (AvgIpc) is 2.90. The molecule has 0 aliphatic rings. The number of nitrogens with zero attached hydrogens (tertiary/aromatic N) is 2. The Balaban J connectivity index is 2.56. The van der Waals surface area contributed by atoms with Crippen LogP contribution >= 0.6 is 0 Å². The standard InChI is InChI=1S/C10H7F3N2O5S/c1-18-6-2-4-14-9(8(6)7-3-5-15-19-7)20-21(16,17)10(11,12)13/h2-5H,1H3. The summed E-state index contributed by atoms with van der Waals surface area (Å²) in [5.41, 5.74) is -5.79. The number of alkyl halides is 3. The average molecular weight is 324 g/mol. The quantitative estimate of drug-likeness (QED) is 0.627. The highest BCUT2D eigenvalue weighted by Crippen LogP contribution is 2.38. The first-order chi connectivity index (χ1) is 9.76. The van der Waals surface area contributed by atoms with Gasteiger partial charge in [0.1, 0.15) is 11.3 Å². The summed E-state index contributed by atoms with van der Waals surface area (Å²) >= 11 is 0. The molecule has 2 heterocycles. The Bertz CT molecular complexity index is 728. The molecule has 0 unspecified atom stereocenters. The lowest BCUT2D eigenvalue weighted by Gasteiger charge is -2.12. The van der Waals surface area contributed by atoms with E-state index >= 15 is 0 Å². The minimum absolute atomic E-state index is 0.00845. The lowest BCUT2D eigenvalue weighted by Crippen LogP contribution is -2.28. The van der Waals surface area contributed by atoms with Gasteiger partial charge in [-0.2, -0.15) is 21.6 Å². The zero-order valence-corrected chi connectivity index (χ0v) is 11.1. The monoisotopic (exact) mass is 324 g/mol. The highest BCUT2D eigenvalue weighted by molar-refractivity contribution is 7.88. The summed E-state index contributed by atoms with van der Waals surface area (Å²) in [5.74, 6) is -0.884. The van der Waals surface area contributed by atoms with Gasteiger partial charge in [0.2, 0.25) is 5.88 Å². The van der Waals surface area contributed by atoms with Crippen molar-refractivity contribution in [2.24, 2.45) is 0 Å². The smallest absolute Gasteiger partial charge is 0.496 e. The first-order valence-electron chi connectivity index (χ1n) is 5.21. The van der Waals surface area contributed by atoms with Crippen LogP contribution in [0.2, 0.25) is 0 Å². The molecule has 114 valence electrons. The molecule has 0 fully saturated rings. The van der Waals surface area contributed by atoms with Gasteiger partial charge in [-0.3, -0.25) is 0 Å². The Morgan fingerprint density at radius 3 is 2.48 bits per heavy atom. The van der Waals surface area contributed by atoms with E-state index in [1.807, 2.05) is 0 Å². The minimum Gasteiger partial charge on any atom is -0.496 e. The van der Waals surface area contributed by atoms with E-state index in [0.29, 0.717) is 0 Å². The van der Waals surface area contributed by atoms with E-state index in [4.69, 9.17) is 9.26 Å². The van der Waals surface area contributed by atoms with Crippen LogP contribution in [0.25, 0.3) is 11.3 Å². The van der Waals surface area contributed by atoms with Crippen LogP contribution in [0.15, 0.2) is 29.0 Å². The van der Waals surface area contributed by atoms with Crippen molar-refractivity contribution in [1.29, 1.82) is 0 Å². The Labute approximate surface area is 116 Å². The number of rotatable bonds is 4. The summed E-state index contributed by atoms with van der Waals surface area (Å²) in [6.07, 6.45) is 2.24. The van der Waals surface area contributed by atoms with Gasteiger partial charge < -0.3 is 13.4 Å². The normalized spacial score (nSPS) is 12.2. The maximum atomic E-state index is 12.4. The molecule has 0 saturated heterocycles. The van der Waals surface area contributed by atoms with Crippen molar-refractivity contribution >= 4 is 10.1 Å². The van der Waals surface area contributed by atoms with Crippen LogP contribution < -0.4 is 8.92 Å². The molecule has 0 amide bonds. The summed E-state index contributed by atoms with van der Waals surface area (Å²) in [6.45, 7) is 0. The number of halogens is 3. The molecule has 2 aromatic heterocycles. The summed E-state index contributed by atoms with van der Waals surface area (Å²) in [5, 5.41) is 3.37. The zero-order valence-electron chi connectivity index (χ0n) is 10.3. The molecular formula is C10H7F3N2O5S. The van der Waals surface area contributed by atoms with Gasteiger partial charge in [0.05, 0.1) is 13.3 Å². The Morgan fingerprint density at radius 2 is 1.95 bits per heavy atom. The molecule has 0 aliphatic carbocycles. The van der Waals surface area contributed by atoms with Crippen LogP contribution in [-0.4, -0.2) is 31.2 Å². The molecule has 2 aromatic rings. The molecule has 0 N–H and O–H groups in total. The maximum Gasteiger partial charge on any atom is 0.534 e. The summed E-state index contributed by atoms with van der Waals surface area (Å²) in [6, 6.07) is 2.58. The first kappa shape index (κ1) is 15.1. The van der Waals surface area contributed by atoms with Crippen molar-refractivity contribution in [3.63, 3.8) is 0 Å². The van der Waals surface area contributed by atoms with E-state index in [0.717, 1.165) is 6.20 Å². The minimum atomic E-state index is -5.87. The van der Waals surface area contributed by atoms with Crippen molar-refractivity contribution < 1.29 is 35.0 Å². The molecule has 0 aromatic carbocycles. The van der Waals surface area contributed by atoms with E-state index in [-0.39, 0.29) is 17.1 Å². The maximum absolute atomic E-state index is 12.4. The van der Waals surface area contributed by atoms with E-state index in [9.17, 15) is 21.6 Å². The fraction of sp³-hybridized carbons (Fsp3) is 0.200. The van der Waals surface area contributed by atoms with Crippen molar-refractivity contribution in [1.82, 2.24) is 10.1 Å². The van der Waals surface area contributed by atoms with Crippen molar-refractivity contribution in [2.75, 3.05) is 7.11 Å². The number of ether oxygens (including phenoxy) is 1. The highest BCUT2D eigenvalue weighted by Gasteiger charge is 2.49. The zero-order chi connectivity index (χ0) is 15.7. The number of pyridine rings is 1. The van der Waals surface area contributed by atoms with Gasteiger partial charge in [-0.05, 0) is 6.07 Å². The Kier molecular flexibility index (Phi) is 3.77. The van der Waals surface area contributed by atoms with Gasteiger partial charge in [-0.1, -0.05) is 5.16 Å². The predicted octanol–water partition coefficient (Wildman–Crippen LogP) is 1.97. The predicted molar refractivity (Wildman–Crippen MR) is 61.9 cm³/mol. The van der Waals surface area contributed by atoms with Crippen LogP contribution in [0.4, 0.5) is 13.2 Å². The second-order valence-corrected chi connectivity index (χ2v) is 5.09. The lowest BCUT2D eigenvalue weighted by atomic mass is 10.2. The fourth-order valence-corrected chi connectivity index (χ4v) is 1.81. The highest BCUT2D eigenvalue weighted by atomic mass is 32.2. The van der Waals surface area contributed by atoms with Crippen molar-refractivity contribution in [3.8, 4) is 23.0 Å². The summed E-state index contributed by atoms with van der Waals surface area (Å²) in [4.78, 5) is 3.47. The molecule has 0 aliphatic heterocycles.